The van der Waals surface area contributed by atoms with Gasteiger partial charge in [-0.15, -0.1) is 22.7 Å². The van der Waals surface area contributed by atoms with E-state index in [1.165, 1.54) is 11.3 Å². The largest absolute Gasteiger partial charge is 0.389 e. The van der Waals surface area contributed by atoms with Crippen LogP contribution in [0.4, 0.5) is 0 Å². The molecule has 1 amide bonds. The molecule has 1 aromatic carbocycles. The van der Waals surface area contributed by atoms with Gasteiger partial charge in [-0.2, -0.15) is 0 Å². The van der Waals surface area contributed by atoms with Crippen molar-refractivity contribution in [2.24, 2.45) is 5.73 Å². The van der Waals surface area contributed by atoms with Gasteiger partial charge in [0, 0.05) is 21.5 Å². The van der Waals surface area contributed by atoms with Crippen molar-refractivity contribution in [1.29, 1.82) is 0 Å². The third-order valence-corrected chi connectivity index (χ3v) is 5.36. The van der Waals surface area contributed by atoms with Gasteiger partial charge in [-0.3, -0.25) is 4.79 Å². The predicted molar refractivity (Wildman–Crippen MR) is 93.2 cm³/mol. The number of hydrogen-bond donors (Lipinski definition) is 2. The van der Waals surface area contributed by atoms with Crippen molar-refractivity contribution in [2.45, 2.75) is 6.54 Å². The summed E-state index contributed by atoms with van der Waals surface area (Å²) in [5, 5.41) is 4.96. The van der Waals surface area contributed by atoms with E-state index in [-0.39, 0.29) is 5.91 Å². The van der Waals surface area contributed by atoms with Gasteiger partial charge in [-0.05, 0) is 29.1 Å². The molecule has 2 aromatic heterocycles. The Morgan fingerprint density at radius 2 is 2.10 bits per heavy atom. The van der Waals surface area contributed by atoms with E-state index in [1.807, 2.05) is 41.8 Å². The second kappa shape index (κ2) is 5.93. The van der Waals surface area contributed by atoms with Crippen molar-refractivity contribution in [1.82, 2.24) is 5.32 Å². The molecule has 3 aromatic rings. The Hall–Kier alpha value is -1.76. The molecule has 0 atom stereocenters. The Labute approximate surface area is 135 Å². The van der Waals surface area contributed by atoms with Crippen LogP contribution in [-0.4, -0.2) is 10.9 Å². The standard InChI is InChI=1S/C15H12N2OS3/c16-14(19)10-3-1-2-9(6-10)8-17-15(18)13-7-12-11(21-13)4-5-20-12/h1-7H,8H2,(H2,16,19)(H,17,18). The number of benzene rings is 1. The second-order valence-electron chi connectivity index (χ2n) is 4.51. The molecule has 21 heavy (non-hydrogen) atoms. The number of carbonyl (C=O) groups is 1. The van der Waals surface area contributed by atoms with Crippen LogP contribution in [-0.2, 0) is 6.54 Å². The first-order valence-corrected chi connectivity index (χ1v) is 8.38. The second-order valence-corrected chi connectivity index (χ2v) is 6.98. The van der Waals surface area contributed by atoms with Crippen molar-refractivity contribution in [3.8, 4) is 0 Å². The lowest BCUT2D eigenvalue weighted by Crippen LogP contribution is -2.22. The van der Waals surface area contributed by atoms with E-state index in [1.54, 1.807) is 11.3 Å². The number of thiocarbonyl (C=S) groups is 1. The first-order chi connectivity index (χ1) is 10.1. The Bertz CT molecular complexity index is 791. The minimum absolute atomic E-state index is 0.0517. The minimum Gasteiger partial charge on any atom is -0.389 e. The van der Waals surface area contributed by atoms with Gasteiger partial charge in [-0.1, -0.05) is 30.4 Å². The SMILES string of the molecule is NC(=S)c1cccc(CNC(=O)c2cc3sccc3s2)c1. The summed E-state index contributed by atoms with van der Waals surface area (Å²) < 4.78 is 2.31. The van der Waals surface area contributed by atoms with Crippen molar-refractivity contribution in [2.75, 3.05) is 0 Å². The lowest BCUT2D eigenvalue weighted by molar-refractivity contribution is 0.0955. The number of carbonyl (C=O) groups excluding carboxylic acids is 1. The summed E-state index contributed by atoms with van der Waals surface area (Å²) >= 11 is 8.11. The zero-order valence-electron chi connectivity index (χ0n) is 11.0. The van der Waals surface area contributed by atoms with Crippen LogP contribution in [0, 0.1) is 0 Å². The third-order valence-electron chi connectivity index (χ3n) is 3.03. The van der Waals surface area contributed by atoms with Crippen LogP contribution in [0.25, 0.3) is 9.40 Å². The Kier molecular flexibility index (Phi) is 4.01. The highest BCUT2D eigenvalue weighted by Gasteiger charge is 2.10. The number of nitrogens with two attached hydrogens (primary N) is 1. The summed E-state index contributed by atoms with van der Waals surface area (Å²) in [6.45, 7) is 0.459. The highest BCUT2D eigenvalue weighted by molar-refractivity contribution is 7.80. The lowest BCUT2D eigenvalue weighted by atomic mass is 10.1. The molecule has 2 heterocycles. The highest BCUT2D eigenvalue weighted by atomic mass is 32.1. The Morgan fingerprint density at radius 3 is 2.86 bits per heavy atom. The zero-order valence-corrected chi connectivity index (χ0v) is 13.4. The molecule has 0 radical (unpaired) electrons. The number of thiophene rings is 2. The van der Waals surface area contributed by atoms with Gasteiger partial charge in [0.25, 0.3) is 5.91 Å². The summed E-state index contributed by atoms with van der Waals surface area (Å²) in [7, 11) is 0. The highest BCUT2D eigenvalue weighted by Crippen LogP contribution is 2.29. The normalized spacial score (nSPS) is 10.7. The molecule has 3 rings (SSSR count). The number of amides is 1. The summed E-state index contributed by atoms with van der Waals surface area (Å²) in [6, 6.07) is 11.6. The molecule has 0 aliphatic rings. The van der Waals surface area contributed by atoms with Gasteiger partial charge in [0.1, 0.15) is 4.99 Å². The van der Waals surface area contributed by atoms with Crippen LogP contribution in [0.5, 0.6) is 0 Å². The number of nitrogens with one attached hydrogen (secondary N) is 1. The van der Waals surface area contributed by atoms with E-state index < -0.39 is 0 Å². The number of hydrogen-bond acceptors (Lipinski definition) is 4. The third kappa shape index (κ3) is 3.12. The van der Waals surface area contributed by atoms with Gasteiger partial charge < -0.3 is 11.1 Å². The molecule has 106 valence electrons. The fourth-order valence-corrected chi connectivity index (χ4v) is 4.13. The summed E-state index contributed by atoms with van der Waals surface area (Å²) in [6.07, 6.45) is 0. The van der Waals surface area contributed by atoms with E-state index in [2.05, 4.69) is 5.32 Å². The molecule has 0 saturated carbocycles. The van der Waals surface area contributed by atoms with Crippen molar-refractivity contribution < 1.29 is 4.79 Å². The van der Waals surface area contributed by atoms with E-state index >= 15 is 0 Å². The number of rotatable bonds is 4. The summed E-state index contributed by atoms with van der Waals surface area (Å²) in [5.74, 6) is -0.0517. The average molecular weight is 332 g/mol. The Balaban J connectivity index is 1.69. The molecule has 0 bridgehead atoms. The van der Waals surface area contributed by atoms with Crippen LogP contribution >= 0.6 is 34.9 Å². The smallest absolute Gasteiger partial charge is 0.261 e. The average Bonchev–Trinajstić information content (AvgIpc) is 3.06. The molecule has 0 aliphatic carbocycles. The summed E-state index contributed by atoms with van der Waals surface area (Å²) in [4.78, 5) is 13.3. The van der Waals surface area contributed by atoms with Crippen molar-refractivity contribution in [3.63, 3.8) is 0 Å². The molecule has 3 nitrogen and oxygen atoms in total. The van der Waals surface area contributed by atoms with Gasteiger partial charge >= 0.3 is 0 Å². The van der Waals surface area contributed by atoms with E-state index in [9.17, 15) is 4.79 Å². The molecular formula is C15H12N2OS3. The fraction of sp³-hybridized carbons (Fsp3) is 0.0667. The molecule has 6 heteroatoms. The van der Waals surface area contributed by atoms with Crippen LogP contribution in [0.1, 0.15) is 20.8 Å². The van der Waals surface area contributed by atoms with E-state index in [0.717, 1.165) is 25.4 Å². The van der Waals surface area contributed by atoms with Crippen LogP contribution in [0.15, 0.2) is 41.8 Å². The fourth-order valence-electron chi connectivity index (χ4n) is 1.98. The lowest BCUT2D eigenvalue weighted by Gasteiger charge is -2.05. The maximum atomic E-state index is 12.2. The molecule has 0 aliphatic heterocycles. The first kappa shape index (κ1) is 14.2. The van der Waals surface area contributed by atoms with E-state index in [0.29, 0.717) is 11.5 Å². The first-order valence-electron chi connectivity index (χ1n) is 6.27. The van der Waals surface area contributed by atoms with E-state index in [4.69, 9.17) is 18.0 Å². The van der Waals surface area contributed by atoms with Crippen molar-refractivity contribution >= 4 is 55.2 Å². The predicted octanol–water partition coefficient (Wildman–Crippen LogP) is 3.53. The van der Waals surface area contributed by atoms with Gasteiger partial charge in [-0.25, -0.2) is 0 Å². The maximum Gasteiger partial charge on any atom is 0.261 e. The molecule has 0 unspecified atom stereocenters. The van der Waals surface area contributed by atoms with Gasteiger partial charge in [0.2, 0.25) is 0 Å². The monoisotopic (exact) mass is 332 g/mol. The topological polar surface area (TPSA) is 55.1 Å². The Morgan fingerprint density at radius 1 is 1.24 bits per heavy atom. The molecule has 0 spiro atoms. The summed E-state index contributed by atoms with van der Waals surface area (Å²) in [5.41, 5.74) is 7.40. The quantitative estimate of drug-likeness (QED) is 0.719. The molecular weight excluding hydrogens is 320 g/mol. The van der Waals surface area contributed by atoms with Crippen LogP contribution in [0.3, 0.4) is 0 Å². The number of fused-ring (bicyclic) bond motifs is 1. The minimum atomic E-state index is -0.0517. The van der Waals surface area contributed by atoms with Crippen LogP contribution < -0.4 is 11.1 Å². The molecule has 3 N–H and O–H groups in total. The maximum absolute atomic E-state index is 12.2. The van der Waals surface area contributed by atoms with Gasteiger partial charge in [0.15, 0.2) is 0 Å². The molecule has 0 fully saturated rings. The molecule has 0 saturated heterocycles. The van der Waals surface area contributed by atoms with Crippen LogP contribution in [0.2, 0.25) is 0 Å². The zero-order chi connectivity index (χ0) is 14.8. The van der Waals surface area contributed by atoms with Gasteiger partial charge in [0.05, 0.1) is 4.88 Å². The van der Waals surface area contributed by atoms with Crippen molar-refractivity contribution in [3.05, 3.63) is 57.8 Å².